The molecule has 1 aromatic heterocycles. The summed E-state index contributed by atoms with van der Waals surface area (Å²) in [5.74, 6) is 0.0908. The highest BCUT2D eigenvalue weighted by Crippen LogP contribution is 2.01. The maximum atomic E-state index is 11.3. The van der Waals surface area contributed by atoms with Gasteiger partial charge in [-0.3, -0.25) is 9.48 Å². The van der Waals surface area contributed by atoms with E-state index in [9.17, 15) is 4.79 Å². The van der Waals surface area contributed by atoms with E-state index in [2.05, 4.69) is 10.4 Å². The first-order chi connectivity index (χ1) is 6.50. The van der Waals surface area contributed by atoms with Gasteiger partial charge in [-0.25, -0.2) is 0 Å². The van der Waals surface area contributed by atoms with Crippen molar-refractivity contribution in [1.82, 2.24) is 15.1 Å². The second-order valence-electron chi connectivity index (χ2n) is 3.77. The van der Waals surface area contributed by atoms with Crippen LogP contribution in [0.3, 0.4) is 0 Å². The molecule has 14 heavy (non-hydrogen) atoms. The van der Waals surface area contributed by atoms with Crippen LogP contribution in [0.5, 0.6) is 0 Å². The molecule has 4 nitrogen and oxygen atoms in total. The van der Waals surface area contributed by atoms with Gasteiger partial charge >= 0.3 is 0 Å². The van der Waals surface area contributed by atoms with E-state index in [1.165, 1.54) is 0 Å². The highest BCUT2D eigenvalue weighted by molar-refractivity contribution is 5.77. The monoisotopic (exact) mass is 197 g/mol. The lowest BCUT2D eigenvalue weighted by Crippen LogP contribution is -2.27. The molecule has 80 valence electrons. The van der Waals surface area contributed by atoms with Crippen molar-refractivity contribution in [3.63, 3.8) is 0 Å². The van der Waals surface area contributed by atoms with E-state index in [0.717, 1.165) is 11.4 Å². The smallest absolute Gasteiger partial charge is 0.222 e. The average Bonchev–Trinajstić information content (AvgIpc) is 2.42. The normalized spacial score (nSPS) is 10.6. The predicted octanol–water partition coefficient (Wildman–Crippen LogP) is 1.25. The van der Waals surface area contributed by atoms with Gasteiger partial charge in [-0.2, -0.15) is 5.10 Å². The second-order valence-corrected chi connectivity index (χ2v) is 3.77. The molecule has 1 heterocycles. The van der Waals surface area contributed by atoms with Gasteiger partial charge in [-0.15, -0.1) is 0 Å². The van der Waals surface area contributed by atoms with Gasteiger partial charge in [-0.05, 0) is 13.0 Å². The minimum Gasteiger partial charge on any atom is -0.350 e. The minimum absolute atomic E-state index is 0. The number of aryl methyl sites for hydroxylation is 2. The van der Waals surface area contributed by atoms with Gasteiger partial charge in [-0.1, -0.05) is 13.8 Å². The number of nitrogens with zero attached hydrogens (tertiary/aromatic N) is 2. The van der Waals surface area contributed by atoms with Gasteiger partial charge in [0.2, 0.25) is 5.91 Å². The van der Waals surface area contributed by atoms with Crippen molar-refractivity contribution in [2.75, 3.05) is 0 Å². The van der Waals surface area contributed by atoms with Gasteiger partial charge < -0.3 is 5.32 Å². The van der Waals surface area contributed by atoms with Gasteiger partial charge in [0.15, 0.2) is 0 Å². The molecule has 0 bridgehead atoms. The van der Waals surface area contributed by atoms with E-state index in [-0.39, 0.29) is 13.3 Å². The topological polar surface area (TPSA) is 46.9 Å². The lowest BCUT2D eigenvalue weighted by Gasteiger charge is -2.04. The van der Waals surface area contributed by atoms with Crippen LogP contribution in [0.25, 0.3) is 0 Å². The number of hydrogen-bond acceptors (Lipinski definition) is 2. The molecule has 0 saturated heterocycles. The molecule has 0 aliphatic heterocycles. The molecular formula is C10H19N3O. The zero-order valence-electron chi connectivity index (χ0n) is 9.16. The van der Waals surface area contributed by atoms with Gasteiger partial charge in [0.05, 0.1) is 12.2 Å². The molecule has 1 amide bonds. The zero-order valence-corrected chi connectivity index (χ0v) is 9.16. The summed E-state index contributed by atoms with van der Waals surface area (Å²) in [5, 5.41) is 7.07. The van der Waals surface area contributed by atoms with Crippen LogP contribution in [0.1, 0.15) is 26.7 Å². The number of amides is 1. The SMILES string of the molecule is Cc1cc(CNC(=O)C(C)C)nn1C.[HH]. The highest BCUT2D eigenvalue weighted by atomic mass is 16.1. The Balaban J connectivity index is 0.00000196. The lowest BCUT2D eigenvalue weighted by atomic mass is 10.2. The van der Waals surface area contributed by atoms with Gasteiger partial charge in [0.1, 0.15) is 0 Å². The molecule has 0 fully saturated rings. The predicted molar refractivity (Wildman–Crippen MR) is 56.7 cm³/mol. The van der Waals surface area contributed by atoms with Crippen molar-refractivity contribution < 1.29 is 6.22 Å². The zero-order chi connectivity index (χ0) is 10.7. The number of rotatable bonds is 3. The van der Waals surface area contributed by atoms with Crippen molar-refractivity contribution >= 4 is 5.91 Å². The summed E-state index contributed by atoms with van der Waals surface area (Å²) < 4.78 is 1.80. The summed E-state index contributed by atoms with van der Waals surface area (Å²) >= 11 is 0. The van der Waals surface area contributed by atoms with Crippen LogP contribution in [-0.2, 0) is 18.4 Å². The van der Waals surface area contributed by atoms with E-state index >= 15 is 0 Å². The first-order valence-corrected chi connectivity index (χ1v) is 4.78. The molecule has 1 aromatic rings. The summed E-state index contributed by atoms with van der Waals surface area (Å²) in [7, 11) is 1.89. The van der Waals surface area contributed by atoms with Crippen molar-refractivity contribution in [2.45, 2.75) is 27.3 Å². The van der Waals surface area contributed by atoms with Crippen LogP contribution in [0.15, 0.2) is 6.07 Å². The standard InChI is InChI=1S/C10H17N3O.H2/c1-7(2)10(14)11-6-9-5-8(3)13(4)12-9;/h5,7H,6H2,1-4H3,(H,11,14);1H. The van der Waals surface area contributed by atoms with Crippen LogP contribution in [0, 0.1) is 12.8 Å². The Morgan fingerprint density at radius 2 is 2.36 bits per heavy atom. The van der Waals surface area contributed by atoms with Gasteiger partial charge in [0.25, 0.3) is 0 Å². The first-order valence-electron chi connectivity index (χ1n) is 4.78. The Morgan fingerprint density at radius 1 is 1.71 bits per heavy atom. The fourth-order valence-electron chi connectivity index (χ4n) is 1.10. The molecule has 0 spiro atoms. The Morgan fingerprint density at radius 3 is 2.79 bits per heavy atom. The van der Waals surface area contributed by atoms with E-state index in [1.54, 1.807) is 4.68 Å². The fraction of sp³-hybridized carbons (Fsp3) is 0.600. The van der Waals surface area contributed by atoms with E-state index in [0.29, 0.717) is 6.54 Å². The summed E-state index contributed by atoms with van der Waals surface area (Å²) in [6.45, 7) is 6.25. The highest BCUT2D eigenvalue weighted by Gasteiger charge is 2.07. The van der Waals surface area contributed by atoms with Crippen molar-refractivity contribution in [2.24, 2.45) is 13.0 Å². The number of aromatic nitrogens is 2. The Hall–Kier alpha value is -1.32. The lowest BCUT2D eigenvalue weighted by molar-refractivity contribution is -0.124. The Kier molecular flexibility index (Phi) is 3.28. The molecule has 0 saturated carbocycles. The quantitative estimate of drug-likeness (QED) is 0.792. The third-order valence-electron chi connectivity index (χ3n) is 2.13. The molecule has 0 aromatic carbocycles. The molecule has 0 unspecified atom stereocenters. The summed E-state index contributed by atoms with van der Waals surface area (Å²) in [4.78, 5) is 11.3. The number of carbonyl (C=O) groups excluding carboxylic acids is 1. The first kappa shape index (κ1) is 10.8. The molecule has 0 radical (unpaired) electrons. The average molecular weight is 197 g/mol. The van der Waals surface area contributed by atoms with Crippen LogP contribution < -0.4 is 5.32 Å². The van der Waals surface area contributed by atoms with Crippen molar-refractivity contribution in [1.29, 1.82) is 0 Å². The van der Waals surface area contributed by atoms with E-state index in [1.807, 2.05) is 33.9 Å². The molecule has 0 atom stereocenters. The number of carbonyl (C=O) groups is 1. The molecule has 0 aliphatic carbocycles. The van der Waals surface area contributed by atoms with Crippen LogP contribution in [-0.4, -0.2) is 15.7 Å². The Bertz CT molecular complexity index is 314. The summed E-state index contributed by atoms with van der Waals surface area (Å²) in [6.07, 6.45) is 0. The van der Waals surface area contributed by atoms with E-state index < -0.39 is 0 Å². The van der Waals surface area contributed by atoms with Crippen molar-refractivity contribution in [3.05, 3.63) is 17.5 Å². The molecule has 1 rings (SSSR count). The number of nitrogens with one attached hydrogen (secondary N) is 1. The fourth-order valence-corrected chi connectivity index (χ4v) is 1.10. The molecule has 4 heteroatoms. The molecule has 1 N–H and O–H groups in total. The molecule has 0 aliphatic rings. The largest absolute Gasteiger partial charge is 0.350 e. The van der Waals surface area contributed by atoms with Crippen LogP contribution in [0.2, 0.25) is 0 Å². The summed E-state index contributed by atoms with van der Waals surface area (Å²) in [5.41, 5.74) is 2.00. The third kappa shape index (κ3) is 2.58. The third-order valence-corrected chi connectivity index (χ3v) is 2.13. The summed E-state index contributed by atoms with van der Waals surface area (Å²) in [6, 6.07) is 1.97. The minimum atomic E-state index is 0. The van der Waals surface area contributed by atoms with Crippen LogP contribution >= 0.6 is 0 Å². The van der Waals surface area contributed by atoms with Gasteiger partial charge in [0, 0.05) is 20.1 Å². The maximum Gasteiger partial charge on any atom is 0.222 e. The van der Waals surface area contributed by atoms with E-state index in [4.69, 9.17) is 0 Å². The second kappa shape index (κ2) is 4.26. The maximum absolute atomic E-state index is 11.3. The van der Waals surface area contributed by atoms with Crippen molar-refractivity contribution in [3.8, 4) is 0 Å². The van der Waals surface area contributed by atoms with Crippen LogP contribution in [0.4, 0.5) is 0 Å². The molecular weight excluding hydrogens is 178 g/mol. The number of hydrogen-bond donors (Lipinski definition) is 1. The Labute approximate surface area is 85.8 Å².